The van der Waals surface area contributed by atoms with Crippen LogP contribution in [0.4, 0.5) is 10.1 Å². The minimum Gasteiger partial charge on any atom is -0.481 e. The van der Waals surface area contributed by atoms with Gasteiger partial charge in [-0.25, -0.2) is 4.39 Å². The highest BCUT2D eigenvalue weighted by atomic mass is 79.9. The highest BCUT2D eigenvalue weighted by Gasteiger charge is 2.13. The van der Waals surface area contributed by atoms with Gasteiger partial charge >= 0.3 is 5.97 Å². The minimum absolute atomic E-state index is 0.0717. The topological polar surface area (TPSA) is 66.4 Å². The second-order valence-corrected chi connectivity index (χ2v) is 4.93. The number of nitrogens with one attached hydrogen (secondary N) is 1. The third-order valence-electron chi connectivity index (χ3n) is 2.26. The maximum Gasteiger partial charge on any atom is 0.303 e. The third kappa shape index (κ3) is 4.83. The first-order valence-corrected chi connectivity index (χ1v) is 6.14. The number of hydrogen-bond acceptors (Lipinski definition) is 2. The summed E-state index contributed by atoms with van der Waals surface area (Å²) in [7, 11) is 0. The number of carboxylic acids is 1. The summed E-state index contributed by atoms with van der Waals surface area (Å²) in [5.41, 5.74) is 0.336. The van der Waals surface area contributed by atoms with Gasteiger partial charge < -0.3 is 10.4 Å². The lowest BCUT2D eigenvalue weighted by Crippen LogP contribution is -2.17. The normalized spacial score (nSPS) is 11.9. The van der Waals surface area contributed by atoms with E-state index in [1.54, 1.807) is 6.92 Å². The van der Waals surface area contributed by atoms with Gasteiger partial charge in [0.1, 0.15) is 5.82 Å². The van der Waals surface area contributed by atoms with Crippen molar-refractivity contribution in [2.24, 2.45) is 5.92 Å². The van der Waals surface area contributed by atoms with Crippen molar-refractivity contribution in [3.63, 3.8) is 0 Å². The van der Waals surface area contributed by atoms with Crippen LogP contribution in [0.1, 0.15) is 19.8 Å². The molecule has 1 rings (SSSR count). The number of carbonyl (C=O) groups excluding carboxylic acids is 1. The molecule has 4 nitrogen and oxygen atoms in total. The van der Waals surface area contributed by atoms with Gasteiger partial charge in [0.15, 0.2) is 0 Å². The Bertz CT molecular complexity index is 465. The van der Waals surface area contributed by atoms with Crippen LogP contribution in [0, 0.1) is 11.7 Å². The summed E-state index contributed by atoms with van der Waals surface area (Å²) in [5, 5.41) is 11.1. The second kappa shape index (κ2) is 6.49. The molecule has 0 bridgehead atoms. The van der Waals surface area contributed by atoms with Crippen LogP contribution in [0.15, 0.2) is 22.7 Å². The van der Waals surface area contributed by atoms with E-state index < -0.39 is 11.8 Å². The molecular formula is C12H13BrFNO3. The number of benzene rings is 1. The monoisotopic (exact) mass is 317 g/mol. The first kappa shape index (κ1) is 14.6. The summed E-state index contributed by atoms with van der Waals surface area (Å²) in [6.07, 6.45) is 0.00694. The summed E-state index contributed by atoms with van der Waals surface area (Å²) in [6, 6.07) is 3.96. The minimum atomic E-state index is -0.942. The number of amides is 1. The number of anilines is 1. The van der Waals surface area contributed by atoms with Crippen LogP contribution in [-0.4, -0.2) is 17.0 Å². The number of aliphatic carboxylic acids is 1. The van der Waals surface area contributed by atoms with Crippen molar-refractivity contribution in [1.29, 1.82) is 0 Å². The molecule has 1 amide bonds. The molecule has 0 aliphatic carbocycles. The molecule has 2 N–H and O–H groups in total. The Morgan fingerprint density at radius 2 is 2.11 bits per heavy atom. The van der Waals surface area contributed by atoms with Crippen LogP contribution >= 0.6 is 15.9 Å². The van der Waals surface area contributed by atoms with Gasteiger partial charge in [0, 0.05) is 17.3 Å². The molecule has 98 valence electrons. The molecule has 6 heteroatoms. The molecule has 0 fully saturated rings. The molecule has 0 radical (unpaired) electrons. The van der Waals surface area contributed by atoms with Gasteiger partial charge in [-0.3, -0.25) is 9.59 Å². The van der Waals surface area contributed by atoms with Gasteiger partial charge in [-0.1, -0.05) is 6.92 Å². The van der Waals surface area contributed by atoms with Crippen LogP contribution in [0.25, 0.3) is 0 Å². The SMILES string of the molecule is CC(CC(=O)O)CC(=O)Nc1cc(F)ccc1Br. The van der Waals surface area contributed by atoms with Gasteiger partial charge in [-0.05, 0) is 40.0 Å². The van der Waals surface area contributed by atoms with Gasteiger partial charge in [0.25, 0.3) is 0 Å². The van der Waals surface area contributed by atoms with E-state index in [9.17, 15) is 14.0 Å². The van der Waals surface area contributed by atoms with Crippen LogP contribution in [0.2, 0.25) is 0 Å². The molecule has 1 atom stereocenters. The van der Waals surface area contributed by atoms with Crippen LogP contribution in [0.3, 0.4) is 0 Å². The van der Waals surface area contributed by atoms with E-state index in [1.807, 2.05) is 0 Å². The number of hydrogen-bond donors (Lipinski definition) is 2. The molecule has 0 saturated carbocycles. The van der Waals surface area contributed by atoms with Crippen LogP contribution in [-0.2, 0) is 9.59 Å². The largest absolute Gasteiger partial charge is 0.481 e. The molecule has 1 aromatic carbocycles. The van der Waals surface area contributed by atoms with E-state index in [2.05, 4.69) is 21.2 Å². The van der Waals surface area contributed by atoms with E-state index in [4.69, 9.17) is 5.11 Å². The summed E-state index contributed by atoms with van der Waals surface area (Å²) in [5.74, 6) is -2.00. The highest BCUT2D eigenvalue weighted by molar-refractivity contribution is 9.10. The summed E-state index contributed by atoms with van der Waals surface area (Å²) in [4.78, 5) is 22.1. The Hall–Kier alpha value is -1.43. The first-order valence-electron chi connectivity index (χ1n) is 5.35. The van der Waals surface area contributed by atoms with E-state index in [0.29, 0.717) is 10.2 Å². The molecule has 0 heterocycles. The van der Waals surface area contributed by atoms with Crippen molar-refractivity contribution >= 4 is 33.5 Å². The Morgan fingerprint density at radius 3 is 2.72 bits per heavy atom. The van der Waals surface area contributed by atoms with Crippen LogP contribution < -0.4 is 5.32 Å². The lowest BCUT2D eigenvalue weighted by atomic mass is 10.0. The molecule has 0 spiro atoms. The summed E-state index contributed by atoms with van der Waals surface area (Å²) in [6.45, 7) is 1.67. The fraction of sp³-hybridized carbons (Fsp3) is 0.333. The zero-order chi connectivity index (χ0) is 13.7. The molecular weight excluding hydrogens is 305 g/mol. The van der Waals surface area contributed by atoms with E-state index in [0.717, 1.165) is 0 Å². The Kier molecular flexibility index (Phi) is 5.27. The molecule has 0 aromatic heterocycles. The molecule has 1 aromatic rings. The Morgan fingerprint density at radius 1 is 1.44 bits per heavy atom. The Labute approximate surface area is 112 Å². The van der Waals surface area contributed by atoms with Crippen molar-refractivity contribution in [2.75, 3.05) is 5.32 Å². The molecule has 0 aliphatic rings. The maximum atomic E-state index is 13.0. The van der Waals surface area contributed by atoms with E-state index in [-0.39, 0.29) is 24.7 Å². The molecule has 18 heavy (non-hydrogen) atoms. The maximum absolute atomic E-state index is 13.0. The van der Waals surface area contributed by atoms with Crippen molar-refractivity contribution < 1.29 is 19.1 Å². The van der Waals surface area contributed by atoms with Crippen molar-refractivity contribution in [3.05, 3.63) is 28.5 Å². The average molecular weight is 318 g/mol. The number of carbonyl (C=O) groups is 2. The quantitative estimate of drug-likeness (QED) is 0.877. The van der Waals surface area contributed by atoms with Gasteiger partial charge in [-0.15, -0.1) is 0 Å². The number of carboxylic acid groups (broad SMARTS) is 1. The predicted molar refractivity (Wildman–Crippen MR) is 68.8 cm³/mol. The van der Waals surface area contributed by atoms with Crippen molar-refractivity contribution in [2.45, 2.75) is 19.8 Å². The Balaban J connectivity index is 2.59. The van der Waals surface area contributed by atoms with Gasteiger partial charge in [0.2, 0.25) is 5.91 Å². The lowest BCUT2D eigenvalue weighted by molar-refractivity contribution is -0.138. The smallest absolute Gasteiger partial charge is 0.303 e. The van der Waals surface area contributed by atoms with E-state index >= 15 is 0 Å². The summed E-state index contributed by atoms with van der Waals surface area (Å²) < 4.78 is 13.6. The zero-order valence-electron chi connectivity index (χ0n) is 9.74. The predicted octanol–water partition coefficient (Wildman–Crippen LogP) is 3.03. The second-order valence-electron chi connectivity index (χ2n) is 4.08. The zero-order valence-corrected chi connectivity index (χ0v) is 11.3. The molecule has 1 unspecified atom stereocenters. The van der Waals surface area contributed by atoms with Crippen molar-refractivity contribution in [1.82, 2.24) is 0 Å². The molecule has 0 saturated heterocycles. The van der Waals surface area contributed by atoms with Gasteiger partial charge in [0.05, 0.1) is 5.69 Å². The average Bonchev–Trinajstić information content (AvgIpc) is 2.21. The van der Waals surface area contributed by atoms with Gasteiger partial charge in [-0.2, -0.15) is 0 Å². The third-order valence-corrected chi connectivity index (χ3v) is 2.95. The number of rotatable bonds is 5. The molecule has 0 aliphatic heterocycles. The van der Waals surface area contributed by atoms with Crippen molar-refractivity contribution in [3.8, 4) is 0 Å². The summed E-state index contributed by atoms with van der Waals surface area (Å²) >= 11 is 3.19. The lowest BCUT2D eigenvalue weighted by Gasteiger charge is -2.10. The van der Waals surface area contributed by atoms with E-state index in [1.165, 1.54) is 18.2 Å². The fourth-order valence-corrected chi connectivity index (χ4v) is 1.83. The van der Waals surface area contributed by atoms with Crippen LogP contribution in [0.5, 0.6) is 0 Å². The first-order chi connectivity index (χ1) is 8.38. The highest BCUT2D eigenvalue weighted by Crippen LogP contribution is 2.23. The number of halogens is 2. The fourth-order valence-electron chi connectivity index (χ4n) is 1.48. The standard InChI is InChI=1S/C12H13BrFNO3/c1-7(5-12(17)18)4-11(16)15-10-6-8(14)2-3-9(10)13/h2-3,6-7H,4-5H2,1H3,(H,15,16)(H,17,18).